The van der Waals surface area contributed by atoms with Crippen LogP contribution in [0.3, 0.4) is 0 Å². The Morgan fingerprint density at radius 1 is 1.33 bits per heavy atom. The third kappa shape index (κ3) is 1.79. The number of nitrogens with one attached hydrogen (secondary N) is 1. The van der Waals surface area contributed by atoms with Crippen molar-refractivity contribution < 1.29 is 4.74 Å². The minimum atomic E-state index is 0.894. The van der Waals surface area contributed by atoms with Crippen molar-refractivity contribution in [3.05, 3.63) is 11.8 Å². The molecular weight excluding hydrogens is 152 g/mol. The van der Waals surface area contributed by atoms with Gasteiger partial charge in [0, 0.05) is 31.9 Å². The highest BCUT2D eigenvalue weighted by Crippen LogP contribution is 2.12. The lowest BCUT2D eigenvalue weighted by atomic mass is 10.2. The monoisotopic (exact) mass is 168 g/mol. The second-order valence-corrected chi connectivity index (χ2v) is 3.25. The van der Waals surface area contributed by atoms with E-state index in [-0.39, 0.29) is 0 Å². The number of hydrogen-bond donors (Lipinski definition) is 1. The van der Waals surface area contributed by atoms with Crippen LogP contribution < -0.4 is 5.32 Å². The fraction of sp³-hybridized carbons (Fsp3) is 0.778. The minimum absolute atomic E-state index is 0.894. The van der Waals surface area contributed by atoms with Crippen molar-refractivity contribution >= 4 is 0 Å². The van der Waals surface area contributed by atoms with Gasteiger partial charge in [0.15, 0.2) is 0 Å². The van der Waals surface area contributed by atoms with Crippen molar-refractivity contribution in [1.82, 2.24) is 10.2 Å². The van der Waals surface area contributed by atoms with E-state index < -0.39 is 0 Å². The van der Waals surface area contributed by atoms with Gasteiger partial charge in [0.1, 0.15) is 0 Å². The van der Waals surface area contributed by atoms with Crippen LogP contribution in [0.4, 0.5) is 0 Å². The number of rotatable bonds is 1. The van der Waals surface area contributed by atoms with Crippen LogP contribution in [0.15, 0.2) is 11.8 Å². The molecule has 0 atom stereocenters. The molecular formula is C9H16N2O. The van der Waals surface area contributed by atoms with E-state index in [4.69, 9.17) is 4.74 Å². The Kier molecular flexibility index (Phi) is 2.64. The molecule has 2 rings (SSSR count). The molecule has 0 unspecified atom stereocenters. The molecule has 12 heavy (non-hydrogen) atoms. The van der Waals surface area contributed by atoms with Crippen molar-refractivity contribution in [3.63, 3.8) is 0 Å². The maximum absolute atomic E-state index is 5.31. The van der Waals surface area contributed by atoms with Gasteiger partial charge in [0.05, 0.1) is 13.2 Å². The van der Waals surface area contributed by atoms with Gasteiger partial charge in [0.2, 0.25) is 0 Å². The summed E-state index contributed by atoms with van der Waals surface area (Å²) >= 11 is 0. The van der Waals surface area contributed by atoms with Gasteiger partial charge in [-0.25, -0.2) is 0 Å². The Morgan fingerprint density at radius 3 is 2.83 bits per heavy atom. The van der Waals surface area contributed by atoms with Gasteiger partial charge in [-0.3, -0.25) is 0 Å². The summed E-state index contributed by atoms with van der Waals surface area (Å²) in [6, 6.07) is 0. The molecule has 2 heterocycles. The van der Waals surface area contributed by atoms with Crippen LogP contribution in [0, 0.1) is 0 Å². The summed E-state index contributed by atoms with van der Waals surface area (Å²) in [6.45, 7) is 6.10. The van der Waals surface area contributed by atoms with Gasteiger partial charge in [0.25, 0.3) is 0 Å². The van der Waals surface area contributed by atoms with Gasteiger partial charge < -0.3 is 15.0 Å². The number of nitrogens with zero attached hydrogens (tertiary/aromatic N) is 1. The molecule has 2 aliphatic heterocycles. The molecule has 0 aromatic carbocycles. The van der Waals surface area contributed by atoms with Crippen LogP contribution in [0.1, 0.15) is 6.42 Å². The van der Waals surface area contributed by atoms with E-state index in [1.165, 1.54) is 12.1 Å². The molecule has 0 bridgehead atoms. The SMILES string of the molecule is C1=C(N2CCOCC2)CCNC1. The first-order valence-electron chi connectivity index (χ1n) is 4.69. The second kappa shape index (κ2) is 3.92. The summed E-state index contributed by atoms with van der Waals surface area (Å²) in [5, 5.41) is 3.32. The van der Waals surface area contributed by atoms with Crippen LogP contribution in [0.2, 0.25) is 0 Å². The number of ether oxygens (including phenoxy) is 1. The van der Waals surface area contributed by atoms with Crippen LogP contribution in [-0.4, -0.2) is 44.3 Å². The highest BCUT2D eigenvalue weighted by molar-refractivity contribution is 5.06. The van der Waals surface area contributed by atoms with E-state index in [2.05, 4.69) is 16.3 Å². The summed E-state index contributed by atoms with van der Waals surface area (Å²) in [5.74, 6) is 0. The Balaban J connectivity index is 1.92. The molecule has 3 nitrogen and oxygen atoms in total. The zero-order valence-corrected chi connectivity index (χ0v) is 7.38. The second-order valence-electron chi connectivity index (χ2n) is 3.25. The maximum atomic E-state index is 5.31. The van der Waals surface area contributed by atoms with Crippen LogP contribution in [0.5, 0.6) is 0 Å². The van der Waals surface area contributed by atoms with Gasteiger partial charge >= 0.3 is 0 Å². The highest BCUT2D eigenvalue weighted by Gasteiger charge is 2.14. The first-order chi connectivity index (χ1) is 5.97. The Bertz CT molecular complexity index is 173. The van der Waals surface area contributed by atoms with E-state index >= 15 is 0 Å². The molecule has 0 aromatic heterocycles. The zero-order chi connectivity index (χ0) is 8.23. The molecule has 1 saturated heterocycles. The maximum Gasteiger partial charge on any atom is 0.0642 e. The predicted molar refractivity (Wildman–Crippen MR) is 48.0 cm³/mol. The molecule has 3 heteroatoms. The molecule has 0 aliphatic carbocycles. The quantitative estimate of drug-likeness (QED) is 0.605. The van der Waals surface area contributed by atoms with E-state index in [0.717, 1.165) is 39.4 Å². The molecule has 2 aliphatic rings. The molecule has 0 amide bonds. The zero-order valence-electron chi connectivity index (χ0n) is 7.38. The van der Waals surface area contributed by atoms with Gasteiger partial charge in [-0.1, -0.05) is 6.08 Å². The van der Waals surface area contributed by atoms with Crippen molar-refractivity contribution in [2.24, 2.45) is 0 Å². The lowest BCUT2D eigenvalue weighted by Gasteiger charge is -2.32. The average molecular weight is 168 g/mol. The fourth-order valence-electron chi connectivity index (χ4n) is 1.75. The Hall–Kier alpha value is -0.540. The number of morpholine rings is 1. The minimum Gasteiger partial charge on any atom is -0.378 e. The molecule has 0 radical (unpaired) electrons. The van der Waals surface area contributed by atoms with Crippen molar-refractivity contribution in [3.8, 4) is 0 Å². The van der Waals surface area contributed by atoms with Crippen LogP contribution in [-0.2, 0) is 4.74 Å². The first-order valence-corrected chi connectivity index (χ1v) is 4.69. The Morgan fingerprint density at radius 2 is 2.17 bits per heavy atom. The lowest BCUT2D eigenvalue weighted by Crippen LogP contribution is -2.38. The summed E-state index contributed by atoms with van der Waals surface area (Å²) < 4.78 is 5.31. The first kappa shape index (κ1) is 8.08. The predicted octanol–water partition coefficient (Wildman–Crippen LogP) is 0.196. The van der Waals surface area contributed by atoms with E-state index in [1.54, 1.807) is 0 Å². The topological polar surface area (TPSA) is 24.5 Å². The fourth-order valence-corrected chi connectivity index (χ4v) is 1.75. The Labute approximate surface area is 73.4 Å². The lowest BCUT2D eigenvalue weighted by molar-refractivity contribution is 0.0515. The summed E-state index contributed by atoms with van der Waals surface area (Å²) in [4.78, 5) is 2.45. The van der Waals surface area contributed by atoms with Crippen molar-refractivity contribution in [2.45, 2.75) is 6.42 Å². The van der Waals surface area contributed by atoms with Crippen molar-refractivity contribution in [2.75, 3.05) is 39.4 Å². The smallest absolute Gasteiger partial charge is 0.0642 e. The van der Waals surface area contributed by atoms with Crippen LogP contribution in [0.25, 0.3) is 0 Å². The molecule has 1 fully saturated rings. The van der Waals surface area contributed by atoms with Gasteiger partial charge in [-0.05, 0) is 6.42 Å². The van der Waals surface area contributed by atoms with Crippen molar-refractivity contribution in [1.29, 1.82) is 0 Å². The molecule has 0 saturated carbocycles. The van der Waals surface area contributed by atoms with Gasteiger partial charge in [-0.2, -0.15) is 0 Å². The molecule has 68 valence electrons. The summed E-state index contributed by atoms with van der Waals surface area (Å²) in [6.07, 6.45) is 3.48. The standard InChI is InChI=1S/C9H16N2O/c1-3-10-4-2-9(1)11-5-7-12-8-6-11/h1,10H,2-8H2. The van der Waals surface area contributed by atoms with Gasteiger partial charge in [-0.15, -0.1) is 0 Å². The van der Waals surface area contributed by atoms with Crippen LogP contribution >= 0.6 is 0 Å². The van der Waals surface area contributed by atoms with E-state index in [9.17, 15) is 0 Å². The number of hydrogen-bond acceptors (Lipinski definition) is 3. The molecule has 0 aromatic rings. The highest BCUT2D eigenvalue weighted by atomic mass is 16.5. The third-order valence-corrected chi connectivity index (χ3v) is 2.46. The molecule has 0 spiro atoms. The molecule has 1 N–H and O–H groups in total. The summed E-state index contributed by atoms with van der Waals surface area (Å²) in [5.41, 5.74) is 1.51. The van der Waals surface area contributed by atoms with E-state index in [0.29, 0.717) is 0 Å². The average Bonchev–Trinajstić information content (AvgIpc) is 2.21. The normalized spacial score (nSPS) is 25.3. The third-order valence-electron chi connectivity index (χ3n) is 2.46. The van der Waals surface area contributed by atoms with E-state index in [1.807, 2.05) is 0 Å². The summed E-state index contributed by atoms with van der Waals surface area (Å²) in [7, 11) is 0. The largest absolute Gasteiger partial charge is 0.378 e.